The number of hydrogen-bond donors (Lipinski definition) is 1. The van der Waals surface area contributed by atoms with Crippen molar-refractivity contribution >= 4 is 40.1 Å². The Labute approximate surface area is 206 Å². The van der Waals surface area contributed by atoms with E-state index in [0.717, 1.165) is 6.07 Å². The zero-order valence-electron chi connectivity index (χ0n) is 18.1. The van der Waals surface area contributed by atoms with Gasteiger partial charge in [0.2, 0.25) is 5.82 Å². The van der Waals surface area contributed by atoms with Crippen LogP contribution >= 0.6 is 22.6 Å². The lowest BCUT2D eigenvalue weighted by Gasteiger charge is -2.23. The van der Waals surface area contributed by atoms with Gasteiger partial charge in [0.05, 0.1) is 11.1 Å². The zero-order chi connectivity index (χ0) is 24.3. The highest BCUT2D eigenvalue weighted by atomic mass is 127. The predicted octanol–water partition coefficient (Wildman–Crippen LogP) is 3.93. The van der Waals surface area contributed by atoms with Crippen molar-refractivity contribution in [1.29, 1.82) is 0 Å². The van der Waals surface area contributed by atoms with Crippen LogP contribution in [0.2, 0.25) is 0 Å². The van der Waals surface area contributed by atoms with Crippen molar-refractivity contribution in [2.75, 3.05) is 20.1 Å². The molecule has 3 atom stereocenters. The number of nitrogens with zero attached hydrogens (tertiary/aromatic N) is 4. The summed E-state index contributed by atoms with van der Waals surface area (Å²) < 4.78 is 41.8. The molecule has 1 saturated heterocycles. The van der Waals surface area contributed by atoms with E-state index in [4.69, 9.17) is 0 Å². The van der Waals surface area contributed by atoms with E-state index in [9.17, 15) is 22.8 Å². The van der Waals surface area contributed by atoms with Gasteiger partial charge in [0, 0.05) is 29.8 Å². The molecule has 1 aliphatic heterocycles. The van der Waals surface area contributed by atoms with E-state index in [-0.39, 0.29) is 32.9 Å². The smallest absolute Gasteiger partial charge is 0.355 e. The van der Waals surface area contributed by atoms with Crippen LogP contribution in [-0.2, 0) is 6.18 Å². The first kappa shape index (κ1) is 23.1. The molecule has 178 valence electrons. The Hall–Kier alpha value is -2.70. The molecule has 5 rings (SSSR count). The Morgan fingerprint density at radius 2 is 1.94 bits per heavy atom. The van der Waals surface area contributed by atoms with Crippen molar-refractivity contribution in [2.45, 2.75) is 28.4 Å². The van der Waals surface area contributed by atoms with Crippen molar-refractivity contribution in [3.63, 3.8) is 0 Å². The second kappa shape index (κ2) is 8.21. The number of fused-ring (bicyclic) bond motifs is 2. The number of rotatable bonds is 3. The van der Waals surface area contributed by atoms with Crippen molar-refractivity contribution in [3.05, 3.63) is 65.1 Å². The van der Waals surface area contributed by atoms with Gasteiger partial charge in [0.1, 0.15) is 0 Å². The van der Waals surface area contributed by atoms with Crippen molar-refractivity contribution in [3.8, 4) is 0 Å². The number of likely N-dealkylation sites (tertiary alicyclic amines) is 1. The highest BCUT2D eigenvalue weighted by Crippen LogP contribution is 2.55. The van der Waals surface area contributed by atoms with Crippen LogP contribution in [0.4, 0.5) is 13.2 Å². The number of pyridine rings is 1. The molecule has 0 bridgehead atoms. The number of halogens is 4. The standard InChI is InChI=1S/C23H21F3IN5O2/c1-28-20(33)13-6-7-18-29-30-19(32(18)10-13)21(34)31-11-15-8-14(9-22(15,27)12-31)16-4-2-3-5-17(16)23(24,25)26/h2-7,10,14-15H,8-9,11-12H2,1H3,(H,28,33)/t14-,15?,22-/m1/s1. The van der Waals surface area contributed by atoms with E-state index in [1.807, 2.05) is 0 Å². The number of benzene rings is 1. The number of hydrogen-bond acceptors (Lipinski definition) is 4. The van der Waals surface area contributed by atoms with Crippen molar-refractivity contribution in [2.24, 2.45) is 5.92 Å². The van der Waals surface area contributed by atoms with E-state index < -0.39 is 11.7 Å². The maximum atomic E-state index is 13.5. The second-order valence-corrected chi connectivity index (χ2v) is 11.0. The lowest BCUT2D eigenvalue weighted by Crippen LogP contribution is -2.34. The lowest BCUT2D eigenvalue weighted by atomic mass is 9.91. The SMILES string of the molecule is CNC(=O)c1ccc2nnc(C(=O)N3CC4C[C@@H](c5ccccc5C(F)(F)F)C[C@@]4(I)C3)n2c1. The molecule has 7 nitrogen and oxygen atoms in total. The van der Waals surface area contributed by atoms with Gasteiger partial charge in [-0.15, -0.1) is 10.2 Å². The summed E-state index contributed by atoms with van der Waals surface area (Å²) in [4.78, 5) is 27.0. The Kier molecular flexibility index (Phi) is 5.57. The van der Waals surface area contributed by atoms with Crippen LogP contribution in [0.1, 0.15) is 50.9 Å². The van der Waals surface area contributed by atoms with Crippen LogP contribution in [0.15, 0.2) is 42.6 Å². The van der Waals surface area contributed by atoms with E-state index in [1.54, 1.807) is 29.2 Å². The third kappa shape index (κ3) is 3.83. The Morgan fingerprint density at radius 3 is 2.65 bits per heavy atom. The number of carbonyl (C=O) groups excluding carboxylic acids is 2. The van der Waals surface area contributed by atoms with Gasteiger partial charge in [-0.1, -0.05) is 40.8 Å². The fourth-order valence-corrected chi connectivity index (χ4v) is 6.65. The minimum atomic E-state index is -4.39. The zero-order valence-corrected chi connectivity index (χ0v) is 20.3. The number of aromatic nitrogens is 3. The monoisotopic (exact) mass is 583 g/mol. The molecular formula is C23H21F3IN5O2. The minimum Gasteiger partial charge on any atom is -0.355 e. The van der Waals surface area contributed by atoms with Crippen LogP contribution in [0, 0.1) is 5.92 Å². The molecule has 2 aliphatic rings. The Balaban J connectivity index is 1.37. The Bertz CT molecular complexity index is 1290. The average molecular weight is 583 g/mol. The van der Waals surface area contributed by atoms with Crippen molar-refractivity contribution < 1.29 is 22.8 Å². The highest BCUT2D eigenvalue weighted by Gasteiger charge is 2.54. The molecule has 11 heteroatoms. The minimum absolute atomic E-state index is 0.0731. The van der Waals surface area contributed by atoms with E-state index in [0.29, 0.717) is 42.7 Å². The summed E-state index contributed by atoms with van der Waals surface area (Å²) in [5.41, 5.74) is 0.584. The van der Waals surface area contributed by atoms with E-state index in [2.05, 4.69) is 38.1 Å². The van der Waals surface area contributed by atoms with Gasteiger partial charge >= 0.3 is 6.18 Å². The molecule has 1 N–H and O–H groups in total. The van der Waals surface area contributed by atoms with Gasteiger partial charge in [-0.05, 0) is 48.4 Å². The van der Waals surface area contributed by atoms with Crippen LogP contribution < -0.4 is 5.32 Å². The fourth-order valence-electron chi connectivity index (χ4n) is 5.25. The normalized spacial score (nSPS) is 24.4. The third-order valence-corrected chi connectivity index (χ3v) is 8.52. The van der Waals surface area contributed by atoms with Crippen LogP contribution in [0.3, 0.4) is 0 Å². The van der Waals surface area contributed by atoms with Gasteiger partial charge in [-0.25, -0.2) is 0 Å². The summed E-state index contributed by atoms with van der Waals surface area (Å²) in [7, 11) is 1.52. The molecule has 34 heavy (non-hydrogen) atoms. The number of alkyl halides is 4. The molecule has 1 aliphatic carbocycles. The van der Waals surface area contributed by atoms with Gasteiger partial charge in [-0.2, -0.15) is 13.2 Å². The maximum absolute atomic E-state index is 13.5. The summed E-state index contributed by atoms with van der Waals surface area (Å²) in [6, 6.07) is 9.01. The molecule has 0 spiro atoms. The molecule has 2 aromatic heterocycles. The molecular weight excluding hydrogens is 562 g/mol. The quantitative estimate of drug-likeness (QED) is 0.375. The molecule has 1 saturated carbocycles. The molecule has 3 aromatic rings. The lowest BCUT2D eigenvalue weighted by molar-refractivity contribution is -0.138. The number of nitrogens with one attached hydrogen (secondary N) is 1. The third-order valence-electron chi connectivity index (χ3n) is 6.86. The van der Waals surface area contributed by atoms with E-state index >= 15 is 0 Å². The second-order valence-electron chi connectivity index (χ2n) is 8.89. The summed E-state index contributed by atoms with van der Waals surface area (Å²) >= 11 is 2.32. The van der Waals surface area contributed by atoms with Gasteiger partial charge in [0.25, 0.3) is 11.8 Å². The highest BCUT2D eigenvalue weighted by molar-refractivity contribution is 14.1. The summed E-state index contributed by atoms with van der Waals surface area (Å²) in [6.45, 7) is 0.863. The van der Waals surface area contributed by atoms with Crippen LogP contribution in [-0.4, -0.2) is 54.9 Å². The first-order valence-corrected chi connectivity index (χ1v) is 11.9. The fraction of sp³-hybridized carbons (Fsp3) is 0.391. The Morgan fingerprint density at radius 1 is 1.18 bits per heavy atom. The number of carbonyl (C=O) groups is 2. The topological polar surface area (TPSA) is 79.6 Å². The van der Waals surface area contributed by atoms with Gasteiger partial charge in [-0.3, -0.25) is 14.0 Å². The predicted molar refractivity (Wildman–Crippen MR) is 126 cm³/mol. The molecule has 2 fully saturated rings. The molecule has 3 heterocycles. The molecule has 0 radical (unpaired) electrons. The van der Waals surface area contributed by atoms with Gasteiger partial charge < -0.3 is 10.2 Å². The van der Waals surface area contributed by atoms with Crippen LogP contribution in [0.5, 0.6) is 0 Å². The van der Waals surface area contributed by atoms with E-state index in [1.165, 1.54) is 23.7 Å². The molecule has 2 amide bonds. The first-order valence-electron chi connectivity index (χ1n) is 10.8. The van der Waals surface area contributed by atoms with Crippen molar-refractivity contribution in [1.82, 2.24) is 24.8 Å². The summed E-state index contributed by atoms with van der Waals surface area (Å²) in [5.74, 6) is -0.620. The summed E-state index contributed by atoms with van der Waals surface area (Å²) in [5, 5.41) is 10.6. The molecule has 1 aromatic carbocycles. The first-order chi connectivity index (χ1) is 16.1. The number of amides is 2. The summed E-state index contributed by atoms with van der Waals surface area (Å²) in [6.07, 6.45) is -1.71. The maximum Gasteiger partial charge on any atom is 0.416 e. The van der Waals surface area contributed by atoms with Crippen LogP contribution in [0.25, 0.3) is 5.65 Å². The largest absolute Gasteiger partial charge is 0.416 e. The average Bonchev–Trinajstić information content (AvgIpc) is 3.46. The van der Waals surface area contributed by atoms with Gasteiger partial charge in [0.15, 0.2) is 5.65 Å². The molecule has 1 unspecified atom stereocenters.